The third-order valence-electron chi connectivity index (χ3n) is 3.76. The second-order valence-corrected chi connectivity index (χ2v) is 5.50. The van der Waals surface area contributed by atoms with Crippen LogP contribution in [0.15, 0.2) is 12.5 Å². The maximum absolute atomic E-state index is 6.30. The summed E-state index contributed by atoms with van der Waals surface area (Å²) >= 11 is 0. The van der Waals surface area contributed by atoms with Gasteiger partial charge in [0.05, 0.1) is 18.2 Å². The zero-order valence-electron chi connectivity index (χ0n) is 11.8. The average molecular weight is 259 g/mol. The quantitative estimate of drug-likeness (QED) is 0.918. The first-order valence-electron chi connectivity index (χ1n) is 7.01. The van der Waals surface area contributed by atoms with Gasteiger partial charge in [0.1, 0.15) is 17.3 Å². The van der Waals surface area contributed by atoms with Crippen LogP contribution in [-0.4, -0.2) is 19.1 Å². The van der Waals surface area contributed by atoms with Crippen LogP contribution in [0.2, 0.25) is 0 Å². The fourth-order valence-corrected chi connectivity index (χ4v) is 2.56. The number of rotatable bonds is 4. The molecule has 19 heavy (non-hydrogen) atoms. The van der Waals surface area contributed by atoms with Crippen molar-refractivity contribution < 1.29 is 0 Å². The van der Waals surface area contributed by atoms with Gasteiger partial charge in [-0.1, -0.05) is 0 Å². The monoisotopic (exact) mass is 259 g/mol. The highest BCUT2D eigenvalue weighted by Gasteiger charge is 2.31. The number of nitrogens with zero attached hydrogens (tertiary/aromatic N) is 4. The second kappa shape index (κ2) is 4.40. The molecule has 2 N–H and O–H groups in total. The Labute approximate surface area is 113 Å². The van der Waals surface area contributed by atoms with Crippen LogP contribution >= 0.6 is 0 Å². The molecule has 0 aliphatic heterocycles. The van der Waals surface area contributed by atoms with Crippen LogP contribution in [0, 0.1) is 0 Å². The smallest absolute Gasteiger partial charge is 0.133 e. The van der Waals surface area contributed by atoms with Crippen molar-refractivity contribution in [2.45, 2.75) is 52.1 Å². The Balaban J connectivity index is 2.12. The standard InChI is InChI=1S/C14H21N5/c1-4-18-13(15)12(17-14(18)10-5-6-10)11-7-16-8-19(11)9(2)3/h7-10H,4-6,15H2,1-3H3. The molecular formula is C14H21N5. The average Bonchev–Trinajstić information content (AvgIpc) is 3.00. The van der Waals surface area contributed by atoms with Crippen LogP contribution in [0.3, 0.4) is 0 Å². The minimum Gasteiger partial charge on any atom is -0.383 e. The molecular weight excluding hydrogens is 238 g/mol. The van der Waals surface area contributed by atoms with Crippen LogP contribution < -0.4 is 5.73 Å². The van der Waals surface area contributed by atoms with Gasteiger partial charge in [-0.2, -0.15) is 0 Å². The molecule has 3 rings (SSSR count). The third-order valence-corrected chi connectivity index (χ3v) is 3.76. The number of hydrogen-bond acceptors (Lipinski definition) is 3. The van der Waals surface area contributed by atoms with Crippen molar-refractivity contribution in [3.63, 3.8) is 0 Å². The summed E-state index contributed by atoms with van der Waals surface area (Å²) in [5.41, 5.74) is 8.20. The summed E-state index contributed by atoms with van der Waals surface area (Å²) in [6, 6.07) is 0.355. The topological polar surface area (TPSA) is 61.7 Å². The molecule has 0 atom stereocenters. The lowest BCUT2D eigenvalue weighted by atomic mass is 10.3. The minimum atomic E-state index is 0.355. The lowest BCUT2D eigenvalue weighted by molar-refractivity contribution is 0.604. The summed E-state index contributed by atoms with van der Waals surface area (Å²) < 4.78 is 4.26. The Kier molecular flexibility index (Phi) is 2.84. The van der Waals surface area contributed by atoms with E-state index in [-0.39, 0.29) is 0 Å². The van der Waals surface area contributed by atoms with E-state index < -0.39 is 0 Å². The number of imidazole rings is 2. The lowest BCUT2D eigenvalue weighted by Crippen LogP contribution is -2.05. The molecule has 2 aromatic heterocycles. The van der Waals surface area contributed by atoms with Gasteiger partial charge in [-0.3, -0.25) is 0 Å². The zero-order valence-corrected chi connectivity index (χ0v) is 11.8. The van der Waals surface area contributed by atoms with Gasteiger partial charge < -0.3 is 14.9 Å². The Morgan fingerprint density at radius 1 is 1.42 bits per heavy atom. The van der Waals surface area contributed by atoms with Gasteiger partial charge in [-0.25, -0.2) is 9.97 Å². The van der Waals surface area contributed by atoms with Crippen molar-refractivity contribution in [3.8, 4) is 11.4 Å². The van der Waals surface area contributed by atoms with Crippen LogP contribution in [0.1, 0.15) is 51.4 Å². The molecule has 0 aromatic carbocycles. The normalized spacial score (nSPS) is 15.4. The molecule has 102 valence electrons. The minimum absolute atomic E-state index is 0.355. The number of anilines is 1. The summed E-state index contributed by atoms with van der Waals surface area (Å²) in [4.78, 5) is 9.05. The van der Waals surface area contributed by atoms with Crippen LogP contribution in [0.5, 0.6) is 0 Å². The van der Waals surface area contributed by atoms with Gasteiger partial charge >= 0.3 is 0 Å². The summed E-state index contributed by atoms with van der Waals surface area (Å²) in [5.74, 6) is 2.52. The van der Waals surface area contributed by atoms with E-state index in [9.17, 15) is 0 Å². The Morgan fingerprint density at radius 3 is 2.74 bits per heavy atom. The van der Waals surface area contributed by atoms with E-state index in [1.54, 1.807) is 0 Å². The molecule has 5 nitrogen and oxygen atoms in total. The largest absolute Gasteiger partial charge is 0.383 e. The van der Waals surface area contributed by atoms with Crippen molar-refractivity contribution in [2.75, 3.05) is 5.73 Å². The van der Waals surface area contributed by atoms with Crippen molar-refractivity contribution in [3.05, 3.63) is 18.3 Å². The highest BCUT2D eigenvalue weighted by molar-refractivity contribution is 5.68. The van der Waals surface area contributed by atoms with E-state index in [4.69, 9.17) is 10.7 Å². The first kappa shape index (κ1) is 12.3. The predicted molar refractivity (Wildman–Crippen MR) is 75.9 cm³/mol. The number of hydrogen-bond donors (Lipinski definition) is 1. The maximum Gasteiger partial charge on any atom is 0.133 e. The van der Waals surface area contributed by atoms with Crippen molar-refractivity contribution in [2.24, 2.45) is 0 Å². The number of nitrogens with two attached hydrogens (primary N) is 1. The predicted octanol–water partition coefficient (Wildman–Crippen LogP) is 2.81. The van der Waals surface area contributed by atoms with E-state index in [1.165, 1.54) is 12.8 Å². The van der Waals surface area contributed by atoms with Gasteiger partial charge in [0, 0.05) is 18.5 Å². The van der Waals surface area contributed by atoms with E-state index in [1.807, 2.05) is 12.5 Å². The van der Waals surface area contributed by atoms with Gasteiger partial charge in [0.15, 0.2) is 0 Å². The molecule has 0 saturated heterocycles. The molecule has 0 radical (unpaired) electrons. The maximum atomic E-state index is 6.30. The van der Waals surface area contributed by atoms with Crippen molar-refractivity contribution >= 4 is 5.82 Å². The Hall–Kier alpha value is -1.78. The first-order chi connectivity index (χ1) is 9.13. The summed E-state index contributed by atoms with van der Waals surface area (Å²) in [6.07, 6.45) is 6.18. The zero-order chi connectivity index (χ0) is 13.6. The van der Waals surface area contributed by atoms with Crippen molar-refractivity contribution in [1.29, 1.82) is 0 Å². The SMILES string of the molecule is CCn1c(C2CC2)nc(-c2cncn2C(C)C)c1N. The fraction of sp³-hybridized carbons (Fsp3) is 0.571. The Morgan fingerprint density at radius 2 is 2.16 bits per heavy atom. The third kappa shape index (κ3) is 1.93. The van der Waals surface area contributed by atoms with E-state index in [0.717, 1.165) is 29.6 Å². The summed E-state index contributed by atoms with van der Waals surface area (Å²) in [5, 5.41) is 0. The van der Waals surface area contributed by atoms with E-state index >= 15 is 0 Å². The number of nitrogen functional groups attached to an aromatic ring is 1. The van der Waals surface area contributed by atoms with Gasteiger partial charge in [-0.05, 0) is 33.6 Å². The fourth-order valence-electron chi connectivity index (χ4n) is 2.56. The Bertz CT molecular complexity index is 589. The summed E-state index contributed by atoms with van der Waals surface area (Å²) in [6.45, 7) is 7.27. The molecule has 1 aliphatic rings. The molecule has 0 unspecified atom stereocenters. The van der Waals surface area contributed by atoms with E-state index in [0.29, 0.717) is 12.0 Å². The van der Waals surface area contributed by atoms with E-state index in [2.05, 4.69) is 34.9 Å². The molecule has 1 fully saturated rings. The highest BCUT2D eigenvalue weighted by Crippen LogP contribution is 2.42. The summed E-state index contributed by atoms with van der Waals surface area (Å²) in [7, 11) is 0. The molecule has 0 amide bonds. The van der Waals surface area contributed by atoms with Gasteiger partial charge in [-0.15, -0.1) is 0 Å². The highest BCUT2D eigenvalue weighted by atomic mass is 15.2. The molecule has 1 saturated carbocycles. The van der Waals surface area contributed by atoms with Gasteiger partial charge in [0.25, 0.3) is 0 Å². The van der Waals surface area contributed by atoms with Crippen LogP contribution in [-0.2, 0) is 6.54 Å². The van der Waals surface area contributed by atoms with Gasteiger partial charge in [0.2, 0.25) is 0 Å². The van der Waals surface area contributed by atoms with Crippen LogP contribution in [0.25, 0.3) is 11.4 Å². The molecule has 0 spiro atoms. The first-order valence-corrected chi connectivity index (χ1v) is 7.01. The molecule has 1 aliphatic carbocycles. The lowest BCUT2D eigenvalue weighted by Gasteiger charge is -2.10. The molecule has 5 heteroatoms. The van der Waals surface area contributed by atoms with Crippen molar-refractivity contribution in [1.82, 2.24) is 19.1 Å². The molecule has 2 aromatic rings. The number of aromatic nitrogens is 4. The second-order valence-electron chi connectivity index (χ2n) is 5.50. The molecule has 0 bridgehead atoms. The molecule has 2 heterocycles. The van der Waals surface area contributed by atoms with Crippen LogP contribution in [0.4, 0.5) is 5.82 Å².